The first-order chi connectivity index (χ1) is 14.8. The number of rotatable bonds is 7. The lowest BCUT2D eigenvalue weighted by Crippen LogP contribution is -2.26. The Labute approximate surface area is 181 Å². The van der Waals surface area contributed by atoms with Crippen LogP contribution in [0.2, 0.25) is 0 Å². The van der Waals surface area contributed by atoms with Gasteiger partial charge in [0, 0.05) is 17.7 Å². The molecule has 1 atom stereocenters. The van der Waals surface area contributed by atoms with Crippen LogP contribution in [-0.4, -0.2) is 28.8 Å². The normalized spacial score (nSPS) is 11.8. The summed E-state index contributed by atoms with van der Waals surface area (Å²) in [6, 6.07) is 13.0. The minimum absolute atomic E-state index is 0.212. The van der Waals surface area contributed by atoms with Gasteiger partial charge in [0.05, 0.1) is 24.5 Å². The lowest BCUT2D eigenvalue weighted by molar-refractivity contribution is -0.140. The molecular weight excluding hydrogens is 397 g/mol. The van der Waals surface area contributed by atoms with Gasteiger partial charge >= 0.3 is 5.97 Å². The monoisotopic (exact) mass is 423 g/mol. The summed E-state index contributed by atoms with van der Waals surface area (Å²) < 4.78 is 19.6. The van der Waals surface area contributed by atoms with E-state index in [0.29, 0.717) is 18.4 Å². The topological polar surface area (TPSA) is 73.2 Å². The number of carbonyl (C=O) groups is 2. The molecule has 0 unspecified atom stereocenters. The van der Waals surface area contributed by atoms with Gasteiger partial charge in [-0.05, 0) is 74.7 Å². The molecular formula is C24H26FN3O3. The molecule has 0 bridgehead atoms. The second kappa shape index (κ2) is 9.55. The smallest absolute Gasteiger partial charge is 0.305 e. The number of esters is 1. The van der Waals surface area contributed by atoms with Crippen LogP contribution in [0.15, 0.2) is 48.5 Å². The van der Waals surface area contributed by atoms with Crippen LogP contribution in [-0.2, 0) is 16.0 Å². The summed E-state index contributed by atoms with van der Waals surface area (Å²) in [5, 5.41) is 7.51. The van der Waals surface area contributed by atoms with E-state index in [2.05, 4.69) is 10.4 Å². The molecule has 162 valence electrons. The summed E-state index contributed by atoms with van der Waals surface area (Å²) in [5.74, 6) is -0.775. The minimum atomic E-state index is -0.310. The van der Waals surface area contributed by atoms with Crippen molar-refractivity contribution in [1.29, 1.82) is 0 Å². The molecule has 0 spiro atoms. The van der Waals surface area contributed by atoms with E-state index in [1.54, 1.807) is 24.3 Å². The number of hydrogen-bond acceptors (Lipinski definition) is 4. The third kappa shape index (κ3) is 5.17. The molecule has 0 aliphatic rings. The van der Waals surface area contributed by atoms with Crippen molar-refractivity contribution in [2.24, 2.45) is 0 Å². The van der Waals surface area contributed by atoms with Gasteiger partial charge in [0.2, 0.25) is 0 Å². The third-order valence-electron chi connectivity index (χ3n) is 5.34. The van der Waals surface area contributed by atoms with Crippen LogP contribution in [0.1, 0.15) is 52.3 Å². The zero-order chi connectivity index (χ0) is 22.5. The lowest BCUT2D eigenvalue weighted by Gasteiger charge is -2.14. The number of amides is 1. The number of hydrogen-bond donors (Lipinski definition) is 1. The number of aryl methyl sites for hydroxylation is 1. The second-order valence-corrected chi connectivity index (χ2v) is 7.43. The van der Waals surface area contributed by atoms with Gasteiger partial charge in [-0.25, -0.2) is 9.07 Å². The van der Waals surface area contributed by atoms with Crippen LogP contribution in [0.5, 0.6) is 0 Å². The number of carbonyl (C=O) groups excluding carboxylic acids is 2. The predicted molar refractivity (Wildman–Crippen MR) is 116 cm³/mol. The van der Waals surface area contributed by atoms with Gasteiger partial charge in [-0.3, -0.25) is 9.59 Å². The van der Waals surface area contributed by atoms with Crippen LogP contribution in [0, 0.1) is 19.7 Å². The predicted octanol–water partition coefficient (Wildman–Crippen LogP) is 4.22. The van der Waals surface area contributed by atoms with Crippen LogP contribution >= 0.6 is 0 Å². The number of benzene rings is 2. The Balaban J connectivity index is 1.72. The maximum Gasteiger partial charge on any atom is 0.305 e. The maximum atomic E-state index is 13.1. The molecule has 6 nitrogen and oxygen atoms in total. The van der Waals surface area contributed by atoms with E-state index in [1.807, 2.05) is 37.6 Å². The van der Waals surface area contributed by atoms with Crippen molar-refractivity contribution in [3.63, 3.8) is 0 Å². The Kier molecular flexibility index (Phi) is 6.84. The van der Waals surface area contributed by atoms with Crippen LogP contribution in [0.4, 0.5) is 4.39 Å². The van der Waals surface area contributed by atoms with E-state index in [9.17, 15) is 14.0 Å². The fourth-order valence-electron chi connectivity index (χ4n) is 3.49. The maximum absolute atomic E-state index is 13.1. The van der Waals surface area contributed by atoms with Crippen molar-refractivity contribution in [2.45, 2.75) is 39.7 Å². The zero-order valence-electron chi connectivity index (χ0n) is 18.1. The number of halogens is 1. The summed E-state index contributed by atoms with van der Waals surface area (Å²) >= 11 is 0. The molecule has 1 heterocycles. The van der Waals surface area contributed by atoms with E-state index in [1.165, 1.54) is 19.2 Å². The Morgan fingerprint density at radius 1 is 1.10 bits per heavy atom. The highest BCUT2D eigenvalue weighted by atomic mass is 19.1. The van der Waals surface area contributed by atoms with Gasteiger partial charge in [-0.1, -0.05) is 12.1 Å². The highest BCUT2D eigenvalue weighted by Crippen LogP contribution is 2.20. The molecule has 1 N–H and O–H groups in total. The number of methoxy groups -OCH3 is 1. The van der Waals surface area contributed by atoms with Gasteiger partial charge in [-0.2, -0.15) is 5.10 Å². The standard InChI is InChI=1S/C24H26FN3O3/c1-15(18-5-9-20(25)10-6-18)26-24(30)19-7-11-21(12-8-19)28-17(3)22(16(2)27-28)13-14-23(29)31-4/h5-12,15H,13-14H2,1-4H3,(H,26,30)/t15-/m1/s1. The first-order valence-electron chi connectivity index (χ1n) is 10.1. The van der Waals surface area contributed by atoms with Crippen molar-refractivity contribution >= 4 is 11.9 Å². The van der Waals surface area contributed by atoms with Crippen LogP contribution in [0.3, 0.4) is 0 Å². The SMILES string of the molecule is COC(=O)CCc1c(C)nn(-c2ccc(C(=O)N[C@H](C)c3ccc(F)cc3)cc2)c1C. The molecule has 31 heavy (non-hydrogen) atoms. The van der Waals surface area contributed by atoms with Crippen LogP contribution < -0.4 is 5.32 Å². The zero-order valence-corrected chi connectivity index (χ0v) is 18.1. The Bertz CT molecular complexity index is 1070. The molecule has 0 radical (unpaired) electrons. The van der Waals surface area contributed by atoms with E-state index >= 15 is 0 Å². The lowest BCUT2D eigenvalue weighted by atomic mass is 10.1. The van der Waals surface area contributed by atoms with Crippen molar-refractivity contribution in [2.75, 3.05) is 7.11 Å². The van der Waals surface area contributed by atoms with Gasteiger partial charge in [0.1, 0.15) is 5.82 Å². The van der Waals surface area contributed by atoms with Crippen LogP contribution in [0.25, 0.3) is 5.69 Å². The molecule has 3 rings (SSSR count). The van der Waals surface area contributed by atoms with Gasteiger partial charge < -0.3 is 10.1 Å². The van der Waals surface area contributed by atoms with E-state index in [4.69, 9.17) is 4.74 Å². The fourth-order valence-corrected chi connectivity index (χ4v) is 3.49. The second-order valence-electron chi connectivity index (χ2n) is 7.43. The van der Waals surface area contributed by atoms with E-state index < -0.39 is 0 Å². The van der Waals surface area contributed by atoms with Crippen molar-refractivity contribution in [1.82, 2.24) is 15.1 Å². The molecule has 3 aromatic rings. The molecule has 1 amide bonds. The largest absolute Gasteiger partial charge is 0.469 e. The van der Waals surface area contributed by atoms with Gasteiger partial charge in [-0.15, -0.1) is 0 Å². The number of nitrogens with zero attached hydrogens (tertiary/aromatic N) is 2. The Hall–Kier alpha value is -3.48. The Morgan fingerprint density at radius 3 is 2.35 bits per heavy atom. The highest BCUT2D eigenvalue weighted by molar-refractivity contribution is 5.94. The summed E-state index contributed by atoms with van der Waals surface area (Å²) in [4.78, 5) is 24.1. The summed E-state index contributed by atoms with van der Waals surface area (Å²) in [6.45, 7) is 5.72. The fraction of sp³-hybridized carbons (Fsp3) is 0.292. The minimum Gasteiger partial charge on any atom is -0.469 e. The van der Waals surface area contributed by atoms with Crippen molar-refractivity contribution in [3.05, 3.63) is 82.4 Å². The van der Waals surface area contributed by atoms with Crippen molar-refractivity contribution in [3.8, 4) is 5.69 Å². The number of ether oxygens (including phenoxy) is 1. The number of nitrogens with one attached hydrogen (secondary N) is 1. The third-order valence-corrected chi connectivity index (χ3v) is 5.34. The van der Waals surface area contributed by atoms with Crippen molar-refractivity contribution < 1.29 is 18.7 Å². The first-order valence-corrected chi connectivity index (χ1v) is 10.1. The molecule has 0 aliphatic carbocycles. The highest BCUT2D eigenvalue weighted by Gasteiger charge is 2.16. The molecule has 2 aromatic carbocycles. The summed E-state index contributed by atoms with van der Waals surface area (Å²) in [5.41, 5.74) is 4.99. The average molecular weight is 423 g/mol. The molecule has 0 aliphatic heterocycles. The summed E-state index contributed by atoms with van der Waals surface area (Å²) in [6.07, 6.45) is 0.862. The van der Waals surface area contributed by atoms with E-state index in [0.717, 1.165) is 28.2 Å². The van der Waals surface area contributed by atoms with E-state index in [-0.39, 0.29) is 23.7 Å². The molecule has 1 aromatic heterocycles. The molecule has 7 heteroatoms. The summed E-state index contributed by atoms with van der Waals surface area (Å²) in [7, 11) is 1.38. The Morgan fingerprint density at radius 2 is 1.74 bits per heavy atom. The molecule has 0 saturated heterocycles. The first kappa shape index (κ1) is 22.2. The number of aromatic nitrogens is 2. The van der Waals surface area contributed by atoms with Gasteiger partial charge in [0.25, 0.3) is 5.91 Å². The van der Waals surface area contributed by atoms with Gasteiger partial charge in [0.15, 0.2) is 0 Å². The quantitative estimate of drug-likeness (QED) is 0.578. The average Bonchev–Trinajstić information content (AvgIpc) is 3.05. The molecule has 0 fully saturated rings. The molecule has 0 saturated carbocycles.